The third-order valence-electron chi connectivity index (χ3n) is 8.02. The number of hydrogen-bond acceptors (Lipinski definition) is 8. The van der Waals surface area contributed by atoms with Gasteiger partial charge in [0.1, 0.15) is 22.4 Å². The molecule has 3 aliphatic rings. The van der Waals surface area contributed by atoms with E-state index in [1.54, 1.807) is 65.8 Å². The van der Waals surface area contributed by atoms with Crippen LogP contribution in [0.25, 0.3) is 0 Å². The fraction of sp³-hybridized carbons (Fsp3) is 0.549. The number of carbonyl (C=O) groups excluding carboxylic acids is 4. The van der Waals surface area contributed by atoms with Crippen LogP contribution in [0.5, 0.6) is 0 Å². The van der Waals surface area contributed by atoms with Gasteiger partial charge in [-0.2, -0.15) is 13.8 Å². The van der Waals surface area contributed by atoms with Gasteiger partial charge in [-0.1, -0.05) is 114 Å². The first-order chi connectivity index (χ1) is 31.0. The van der Waals surface area contributed by atoms with Crippen LogP contribution in [0.15, 0.2) is 86.2 Å². The second kappa shape index (κ2) is 39.5. The number of ketones is 1. The molecule has 3 aromatic rings. The summed E-state index contributed by atoms with van der Waals surface area (Å²) >= 11 is 12.3. The zero-order valence-electron chi connectivity index (χ0n) is 45.2. The Morgan fingerprint density at radius 2 is 0.831 bits per heavy atom. The zero-order chi connectivity index (χ0) is 52.6. The summed E-state index contributed by atoms with van der Waals surface area (Å²) in [6.07, 6.45) is 0.759. The van der Waals surface area contributed by atoms with Gasteiger partial charge in [0.15, 0.2) is 11.5 Å². The fourth-order valence-corrected chi connectivity index (χ4v) is 6.35. The summed E-state index contributed by atoms with van der Waals surface area (Å²) in [6.45, 7) is 33.3. The third kappa shape index (κ3) is 33.7. The van der Waals surface area contributed by atoms with Crippen molar-refractivity contribution >= 4 is 117 Å². The van der Waals surface area contributed by atoms with Crippen LogP contribution < -0.4 is 43.7 Å². The number of rotatable bonds is 2. The van der Waals surface area contributed by atoms with Crippen molar-refractivity contribution in [3.8, 4) is 0 Å². The van der Waals surface area contributed by atoms with E-state index in [2.05, 4.69) is 82.5 Å². The minimum absolute atomic E-state index is 0. The van der Waals surface area contributed by atoms with Gasteiger partial charge < -0.3 is 60.4 Å². The summed E-state index contributed by atoms with van der Waals surface area (Å²) < 4.78 is 34.3. The van der Waals surface area contributed by atoms with Crippen LogP contribution in [-0.4, -0.2) is 123 Å². The molecule has 0 atom stereocenters. The summed E-state index contributed by atoms with van der Waals surface area (Å²) in [4.78, 5) is 49.5. The van der Waals surface area contributed by atoms with E-state index in [1.165, 1.54) is 18.3 Å². The Kier molecular flexibility index (Phi) is 45.4. The second-order valence-electron chi connectivity index (χ2n) is 17.6. The molecule has 71 heavy (non-hydrogen) atoms. The van der Waals surface area contributed by atoms with Crippen LogP contribution >= 0.6 is 70.4 Å². The standard InChI is InChI=1S/C14H17BrFNO2.C14H18BrNO3.C8H13NO3.C6H4BrI.C3H7.3C2H6.2ClH.Li.Mg/c1-13(2,3)19-12(18)17-8-14(16,9-17)10-4-6-11(15)7-5-10;1-13(2,3)19-12(17)16-8-14(18,9-16)10-4-6-11(15)7-5-10;1-8(2,3)12-7(11)9-4-6(10)5-9;7-5-1-3-6(8)4-2-5;1-3-2;3*1-2;;;;/h4-7H,8-9H2,1-3H3;4-7,18H,8-9H2,1-3H3;4-5H2,1-3H3;1-4H;3H,1-2H3;3*1-2H3;2*1H;;/q;;;;-1;;;;;;+1;+2/p-2. The van der Waals surface area contributed by atoms with E-state index in [1.807, 2.05) is 119 Å². The molecule has 11 nitrogen and oxygen atoms in total. The molecule has 0 aromatic heterocycles. The molecule has 20 heteroatoms. The van der Waals surface area contributed by atoms with Gasteiger partial charge in [-0.25, -0.2) is 18.8 Å². The maximum Gasteiger partial charge on any atom is 2.00 e. The number of benzene rings is 3. The third-order valence-corrected chi connectivity index (χ3v) is 10.3. The van der Waals surface area contributed by atoms with E-state index in [-0.39, 0.29) is 118 Å². The van der Waals surface area contributed by atoms with Crippen molar-refractivity contribution in [2.45, 2.75) is 146 Å². The molecule has 0 radical (unpaired) electrons. The molecule has 3 amide bonds. The zero-order valence-corrected chi connectivity index (χ0v) is 55.1. The number of carbonyl (C=O) groups is 4. The molecule has 3 heterocycles. The smallest absolute Gasteiger partial charge is 1.00 e. The quantitative estimate of drug-likeness (QED) is 0.153. The van der Waals surface area contributed by atoms with Crippen molar-refractivity contribution in [1.82, 2.24) is 14.7 Å². The Hall–Kier alpha value is -0.856. The maximum absolute atomic E-state index is 14.5. The normalized spacial score (nSPS) is 14.0. The Morgan fingerprint density at radius 3 is 1.10 bits per heavy atom. The van der Waals surface area contributed by atoms with E-state index in [9.17, 15) is 28.7 Å². The Labute approximate surface area is 506 Å². The molecule has 0 aliphatic carbocycles. The van der Waals surface area contributed by atoms with E-state index in [0.29, 0.717) is 5.56 Å². The first-order valence-electron chi connectivity index (χ1n) is 22.5. The SMILES string of the molecule is Brc1ccc(I)cc1.CC.CC.CC.CC(C)(C)OC(=O)N1CC(=O)C1.CC(C)(C)OC(=O)N1CC(F)(c2ccc(Br)cc2)C1.CC(C)(C)OC(=O)N1CC(O)(c2ccc(Br)cc2)C1.C[CH-]C.[Cl-].[Cl-].[Li+].[Mg+2]. The first kappa shape index (κ1) is 81.5. The summed E-state index contributed by atoms with van der Waals surface area (Å²) in [7, 11) is 0. The van der Waals surface area contributed by atoms with E-state index >= 15 is 0 Å². The number of alkyl halides is 1. The second-order valence-corrected chi connectivity index (χ2v) is 21.6. The monoisotopic (exact) mass is 1340 g/mol. The van der Waals surface area contributed by atoms with Crippen LogP contribution in [0, 0.1) is 9.99 Å². The topological polar surface area (TPSA) is 126 Å². The molecule has 3 aromatic carbocycles. The fourth-order valence-electron chi connectivity index (χ4n) is 5.19. The number of hydrogen-bond donors (Lipinski definition) is 1. The first-order valence-corrected chi connectivity index (χ1v) is 26.0. The van der Waals surface area contributed by atoms with Crippen molar-refractivity contribution in [3.63, 3.8) is 0 Å². The van der Waals surface area contributed by atoms with Crippen molar-refractivity contribution in [3.05, 3.63) is 107 Å². The average Bonchev–Trinajstić information content (AvgIpc) is 3.20. The number of amides is 3. The van der Waals surface area contributed by atoms with Crippen molar-refractivity contribution in [1.29, 1.82) is 0 Å². The van der Waals surface area contributed by atoms with Crippen LogP contribution in [0.3, 0.4) is 0 Å². The predicted molar refractivity (Wildman–Crippen MR) is 296 cm³/mol. The van der Waals surface area contributed by atoms with Gasteiger partial charge in [0, 0.05) is 17.0 Å². The number of β-amino-alcohol motifs (C(OH)–C–C–N with tert-alkyl or cyclic N) is 1. The molecule has 0 bridgehead atoms. The number of aliphatic hydroxyl groups is 1. The van der Waals surface area contributed by atoms with Crippen LogP contribution in [-0.2, 0) is 30.3 Å². The molecule has 3 fully saturated rings. The van der Waals surface area contributed by atoms with Crippen LogP contribution in [0.1, 0.15) is 129 Å². The molecule has 3 aliphatic heterocycles. The number of Topliss-reactive ketones (excluding diaryl/α,β-unsaturated/α-hetero) is 1. The van der Waals surface area contributed by atoms with Crippen LogP contribution in [0.4, 0.5) is 18.8 Å². The van der Waals surface area contributed by atoms with E-state index in [4.69, 9.17) is 14.2 Å². The van der Waals surface area contributed by atoms with Gasteiger partial charge >= 0.3 is 60.2 Å². The summed E-state index contributed by atoms with van der Waals surface area (Å²) in [5.41, 5.74) is -2.55. The van der Waals surface area contributed by atoms with E-state index < -0.39 is 40.3 Å². The van der Waals surface area contributed by atoms with Gasteiger partial charge in [-0.05, 0) is 145 Å². The van der Waals surface area contributed by atoms with Gasteiger partial charge in [0.25, 0.3) is 0 Å². The van der Waals surface area contributed by atoms with Crippen molar-refractivity contribution < 1.29 is 86.6 Å². The molecule has 0 saturated carbocycles. The summed E-state index contributed by atoms with van der Waals surface area (Å²) in [6, 6.07) is 22.7. The molecule has 0 spiro atoms. The van der Waals surface area contributed by atoms with Crippen molar-refractivity contribution in [2.24, 2.45) is 0 Å². The molecular weight excluding hydrogens is 1270 g/mol. The molecular formula is C51H77Br3Cl2FILiMgN3O8. The average molecular weight is 1350 g/mol. The Balaban J connectivity index is -0.000000191. The van der Waals surface area contributed by atoms with Gasteiger partial charge in [-0.15, -0.1) is 0 Å². The summed E-state index contributed by atoms with van der Waals surface area (Å²) in [5, 5.41) is 10.4. The minimum atomic E-state index is -1.46. The van der Waals surface area contributed by atoms with E-state index in [0.717, 1.165) is 19.0 Å². The maximum atomic E-state index is 14.5. The van der Waals surface area contributed by atoms with Gasteiger partial charge in [0.2, 0.25) is 0 Å². The molecule has 0 unspecified atom stereocenters. The molecule has 3 saturated heterocycles. The van der Waals surface area contributed by atoms with Gasteiger partial charge in [-0.3, -0.25) is 9.69 Å². The Bertz CT molecular complexity index is 1800. The van der Waals surface area contributed by atoms with Crippen molar-refractivity contribution in [2.75, 3.05) is 39.3 Å². The predicted octanol–water partition coefficient (Wildman–Crippen LogP) is 5.55. The minimum Gasteiger partial charge on any atom is -1.00 e. The number of halogens is 7. The van der Waals surface area contributed by atoms with Crippen LogP contribution in [0.2, 0.25) is 0 Å². The molecule has 1 N–H and O–H groups in total. The molecule has 6 rings (SSSR count). The number of ether oxygens (including phenoxy) is 3. The summed E-state index contributed by atoms with van der Waals surface area (Å²) in [5.74, 6) is 0.0841. The number of nitrogens with zero attached hydrogens (tertiary/aromatic N) is 3. The Morgan fingerprint density at radius 1 is 0.577 bits per heavy atom. The molecule has 396 valence electrons. The number of likely N-dealkylation sites (tertiary alicyclic amines) is 3. The largest absolute Gasteiger partial charge is 2.00 e. The van der Waals surface area contributed by atoms with Gasteiger partial charge in [0.05, 0.1) is 39.3 Å².